The van der Waals surface area contributed by atoms with Gasteiger partial charge in [0.1, 0.15) is 17.0 Å². The van der Waals surface area contributed by atoms with Crippen molar-refractivity contribution in [1.82, 2.24) is 4.98 Å². The number of pyridine rings is 1. The molecule has 4 heteroatoms. The molecule has 2 aromatic heterocycles. The number of nitrogens with zero attached hydrogens (tertiary/aromatic N) is 2. The summed E-state index contributed by atoms with van der Waals surface area (Å²) < 4.78 is 6.81. The minimum atomic E-state index is -0.179. The SMILES string of the molecule is CC(C)c1cc(-c2ccccc2)cc(C(C)C)c1N(C(=N)c1cccc2c1oc1cc(-c3ccc(-c4ccccc4)cc3)ccc12)c1ccnc(C(C)(C)C)c1. The maximum atomic E-state index is 10.3. The molecule has 6 aromatic carbocycles. The first kappa shape index (κ1) is 36.7. The first-order valence-corrected chi connectivity index (χ1v) is 19.7. The van der Waals surface area contributed by atoms with E-state index in [0.29, 0.717) is 11.4 Å². The number of hydrogen-bond donors (Lipinski definition) is 1. The van der Waals surface area contributed by atoms with Gasteiger partial charge in [-0.3, -0.25) is 15.3 Å². The van der Waals surface area contributed by atoms with E-state index in [4.69, 9.17) is 9.40 Å². The Labute approximate surface area is 331 Å². The van der Waals surface area contributed by atoms with Gasteiger partial charge in [0.25, 0.3) is 0 Å². The predicted octanol–water partition coefficient (Wildman–Crippen LogP) is 14.7. The molecule has 8 rings (SSSR count). The fourth-order valence-electron chi connectivity index (χ4n) is 7.72. The van der Waals surface area contributed by atoms with Crippen molar-refractivity contribution in [3.05, 3.63) is 174 Å². The molecule has 0 fully saturated rings. The van der Waals surface area contributed by atoms with Gasteiger partial charge in [-0.25, -0.2) is 0 Å². The summed E-state index contributed by atoms with van der Waals surface area (Å²) in [5, 5.41) is 12.3. The molecule has 56 heavy (non-hydrogen) atoms. The van der Waals surface area contributed by atoms with Crippen molar-refractivity contribution in [2.75, 3.05) is 4.90 Å². The van der Waals surface area contributed by atoms with Crippen LogP contribution in [0, 0.1) is 5.41 Å². The number of hydrogen-bond acceptors (Lipinski definition) is 3. The van der Waals surface area contributed by atoms with Gasteiger partial charge in [-0.15, -0.1) is 0 Å². The topological polar surface area (TPSA) is 53.1 Å². The predicted molar refractivity (Wildman–Crippen MR) is 237 cm³/mol. The molecule has 0 amide bonds. The van der Waals surface area contributed by atoms with Gasteiger partial charge in [0, 0.05) is 28.1 Å². The van der Waals surface area contributed by atoms with Crippen molar-refractivity contribution in [1.29, 1.82) is 5.41 Å². The third-order valence-corrected chi connectivity index (χ3v) is 10.8. The van der Waals surface area contributed by atoms with Gasteiger partial charge in [-0.05, 0) is 98.8 Å². The number of anilines is 2. The van der Waals surface area contributed by atoms with Crippen LogP contribution in [0.3, 0.4) is 0 Å². The second kappa shape index (κ2) is 14.8. The van der Waals surface area contributed by atoms with Crippen LogP contribution in [0.4, 0.5) is 11.4 Å². The van der Waals surface area contributed by atoms with Crippen molar-refractivity contribution >= 4 is 39.1 Å². The number of benzene rings is 6. The van der Waals surface area contributed by atoms with E-state index in [1.807, 2.05) is 30.5 Å². The summed E-state index contributed by atoms with van der Waals surface area (Å²) in [4.78, 5) is 6.95. The van der Waals surface area contributed by atoms with Crippen molar-refractivity contribution in [2.24, 2.45) is 0 Å². The van der Waals surface area contributed by atoms with Gasteiger partial charge in [0.2, 0.25) is 0 Å². The fraction of sp³-hybridized carbons (Fsp3) is 0.192. The van der Waals surface area contributed by atoms with Crippen molar-refractivity contribution in [3.8, 4) is 33.4 Å². The summed E-state index contributed by atoms with van der Waals surface area (Å²) in [6.45, 7) is 15.5. The van der Waals surface area contributed by atoms with Crippen LogP contribution in [0.5, 0.6) is 0 Å². The van der Waals surface area contributed by atoms with E-state index < -0.39 is 0 Å². The molecule has 0 saturated carbocycles. The monoisotopic (exact) mass is 731 g/mol. The van der Waals surface area contributed by atoms with Gasteiger partial charge in [-0.2, -0.15) is 0 Å². The second-order valence-corrected chi connectivity index (χ2v) is 16.5. The molecule has 8 aromatic rings. The Balaban J connectivity index is 1.29. The van der Waals surface area contributed by atoms with Gasteiger partial charge in [-0.1, -0.05) is 152 Å². The first-order valence-electron chi connectivity index (χ1n) is 19.7. The molecule has 278 valence electrons. The Kier molecular flexibility index (Phi) is 9.68. The average Bonchev–Trinajstić information content (AvgIpc) is 3.59. The Morgan fingerprint density at radius 1 is 0.571 bits per heavy atom. The summed E-state index contributed by atoms with van der Waals surface area (Å²) in [7, 11) is 0. The Morgan fingerprint density at radius 2 is 1.12 bits per heavy atom. The normalized spacial score (nSPS) is 11.9. The first-order chi connectivity index (χ1) is 27.0. The van der Waals surface area contributed by atoms with Crippen molar-refractivity contribution < 1.29 is 4.42 Å². The van der Waals surface area contributed by atoms with Gasteiger partial charge >= 0.3 is 0 Å². The van der Waals surface area contributed by atoms with Crippen molar-refractivity contribution in [2.45, 2.75) is 65.7 Å². The van der Waals surface area contributed by atoms with E-state index in [1.165, 1.54) is 33.4 Å². The van der Waals surface area contributed by atoms with E-state index in [9.17, 15) is 5.41 Å². The molecule has 0 aliphatic carbocycles. The zero-order valence-corrected chi connectivity index (χ0v) is 33.4. The number of nitrogens with one attached hydrogen (secondary N) is 1. The van der Waals surface area contributed by atoms with Crippen LogP contribution in [-0.4, -0.2) is 10.8 Å². The minimum absolute atomic E-state index is 0.179. The highest BCUT2D eigenvalue weighted by Crippen LogP contribution is 2.44. The lowest BCUT2D eigenvalue weighted by molar-refractivity contribution is 0.569. The molecule has 0 aliphatic heterocycles. The van der Waals surface area contributed by atoms with Crippen LogP contribution in [0.2, 0.25) is 0 Å². The van der Waals surface area contributed by atoms with E-state index >= 15 is 0 Å². The van der Waals surface area contributed by atoms with Crippen LogP contribution < -0.4 is 4.90 Å². The third-order valence-electron chi connectivity index (χ3n) is 10.8. The molecular weight excluding hydrogens is 683 g/mol. The summed E-state index contributed by atoms with van der Waals surface area (Å²) in [5.74, 6) is 0.730. The third kappa shape index (κ3) is 6.92. The largest absolute Gasteiger partial charge is 0.455 e. The van der Waals surface area contributed by atoms with Crippen LogP contribution in [0.1, 0.15) is 82.7 Å². The Bertz CT molecular complexity index is 2650. The number of furan rings is 1. The Morgan fingerprint density at radius 3 is 1.71 bits per heavy atom. The van der Waals surface area contributed by atoms with Crippen molar-refractivity contribution in [3.63, 3.8) is 0 Å². The van der Waals surface area contributed by atoms with Crippen LogP contribution >= 0.6 is 0 Å². The number of aromatic nitrogens is 1. The number of fused-ring (bicyclic) bond motifs is 3. The van der Waals surface area contributed by atoms with E-state index in [1.54, 1.807) is 0 Å². The maximum Gasteiger partial charge on any atom is 0.146 e. The fourth-order valence-corrected chi connectivity index (χ4v) is 7.72. The minimum Gasteiger partial charge on any atom is -0.455 e. The molecule has 0 aliphatic rings. The molecular formula is C52H49N3O. The van der Waals surface area contributed by atoms with Gasteiger partial charge < -0.3 is 4.42 Å². The summed E-state index contributed by atoms with van der Waals surface area (Å²) in [6, 6.07) is 51.2. The van der Waals surface area contributed by atoms with Gasteiger partial charge in [0.05, 0.1) is 16.9 Å². The zero-order valence-electron chi connectivity index (χ0n) is 33.4. The maximum absolute atomic E-state index is 10.3. The molecule has 4 nitrogen and oxygen atoms in total. The zero-order chi connectivity index (χ0) is 39.1. The number of para-hydroxylation sites is 1. The second-order valence-electron chi connectivity index (χ2n) is 16.5. The molecule has 0 saturated heterocycles. The number of rotatable bonds is 8. The molecule has 0 atom stereocenters. The molecule has 0 radical (unpaired) electrons. The highest BCUT2D eigenvalue weighted by molar-refractivity contribution is 6.21. The van der Waals surface area contributed by atoms with Crippen LogP contribution in [0.25, 0.3) is 55.3 Å². The highest BCUT2D eigenvalue weighted by Gasteiger charge is 2.29. The summed E-state index contributed by atoms with van der Waals surface area (Å²) in [6.07, 6.45) is 1.88. The Hall–Kier alpha value is -6.26. The molecule has 0 spiro atoms. The molecule has 0 bridgehead atoms. The lowest BCUT2D eigenvalue weighted by Crippen LogP contribution is -2.29. The van der Waals surface area contributed by atoms with E-state index in [0.717, 1.165) is 50.1 Å². The molecule has 1 N–H and O–H groups in total. The highest BCUT2D eigenvalue weighted by atomic mass is 16.3. The van der Waals surface area contributed by atoms with E-state index in [2.05, 4.69) is 175 Å². The lowest BCUT2D eigenvalue weighted by Gasteiger charge is -2.33. The van der Waals surface area contributed by atoms with Crippen LogP contribution in [0.15, 0.2) is 156 Å². The van der Waals surface area contributed by atoms with E-state index in [-0.39, 0.29) is 17.3 Å². The average molecular weight is 732 g/mol. The number of amidine groups is 1. The molecule has 0 unspecified atom stereocenters. The summed E-state index contributed by atoms with van der Waals surface area (Å²) >= 11 is 0. The molecule has 2 heterocycles. The van der Waals surface area contributed by atoms with Gasteiger partial charge in [0.15, 0.2) is 0 Å². The smallest absolute Gasteiger partial charge is 0.146 e. The lowest BCUT2D eigenvalue weighted by atomic mass is 9.87. The van der Waals surface area contributed by atoms with Crippen LogP contribution in [-0.2, 0) is 5.41 Å². The quantitative estimate of drug-likeness (QED) is 0.125. The standard InChI is InChI=1S/C52H49N3O/c1-33(2)45-29-40(36-17-12-9-13-18-36)30-46(34(3)4)49(45)55(41-27-28-54-48(32-41)52(5,6)7)51(53)44-20-14-19-43-42-26-25-39(31-47(42)56-50(43)44)38-23-21-37(22-24-38)35-15-10-8-11-16-35/h8-34,53H,1-7H3. The summed E-state index contributed by atoms with van der Waals surface area (Å²) in [5.41, 5.74) is 14.3.